The summed E-state index contributed by atoms with van der Waals surface area (Å²) in [6, 6.07) is 16.1. The van der Waals surface area contributed by atoms with E-state index in [0.717, 1.165) is 54.1 Å². The molecule has 1 aliphatic rings. The predicted molar refractivity (Wildman–Crippen MR) is 114 cm³/mol. The lowest BCUT2D eigenvalue weighted by molar-refractivity contribution is 0.0831. The molecule has 5 nitrogen and oxygen atoms in total. The number of para-hydroxylation sites is 1. The molecule has 1 saturated heterocycles. The lowest BCUT2D eigenvalue weighted by Gasteiger charge is -2.38. The number of ether oxygens (including phenoxy) is 1. The van der Waals surface area contributed by atoms with Gasteiger partial charge in [-0.3, -0.25) is 9.69 Å². The number of ketones is 1. The van der Waals surface area contributed by atoms with Gasteiger partial charge in [-0.2, -0.15) is 0 Å². The van der Waals surface area contributed by atoms with Gasteiger partial charge in [0.2, 0.25) is 0 Å². The molecule has 1 aliphatic heterocycles. The highest BCUT2D eigenvalue weighted by molar-refractivity contribution is 6.11. The summed E-state index contributed by atoms with van der Waals surface area (Å²) in [5, 5.41) is 1.02. The van der Waals surface area contributed by atoms with Gasteiger partial charge in [-0.15, -0.1) is 0 Å². The Labute approximate surface area is 165 Å². The van der Waals surface area contributed by atoms with Gasteiger partial charge in [-0.25, -0.2) is 0 Å². The number of aromatic amines is 1. The minimum atomic E-state index is -0.129. The number of nitrogens with one attached hydrogen (secondary N) is 1. The van der Waals surface area contributed by atoms with Gasteiger partial charge < -0.3 is 14.6 Å². The van der Waals surface area contributed by atoms with Crippen LogP contribution in [0.3, 0.4) is 0 Å². The van der Waals surface area contributed by atoms with Crippen LogP contribution in [-0.2, 0) is 0 Å². The first kappa shape index (κ1) is 18.6. The van der Waals surface area contributed by atoms with Crippen molar-refractivity contribution in [3.05, 3.63) is 59.8 Å². The average molecular weight is 377 g/mol. The van der Waals surface area contributed by atoms with Crippen LogP contribution >= 0.6 is 0 Å². The Morgan fingerprint density at radius 3 is 2.39 bits per heavy atom. The van der Waals surface area contributed by atoms with E-state index in [1.165, 1.54) is 5.69 Å². The zero-order valence-electron chi connectivity index (χ0n) is 16.7. The van der Waals surface area contributed by atoms with Crippen LogP contribution in [0.2, 0.25) is 0 Å². The zero-order chi connectivity index (χ0) is 19.7. The molecule has 0 aliphatic carbocycles. The summed E-state index contributed by atoms with van der Waals surface area (Å²) in [6.07, 6.45) is 0. The number of H-pyrrole nitrogens is 1. The number of methoxy groups -OCH3 is 1. The Balaban J connectivity index is 1.45. The van der Waals surface area contributed by atoms with Gasteiger partial charge in [-0.1, -0.05) is 18.2 Å². The van der Waals surface area contributed by atoms with E-state index >= 15 is 0 Å². The number of aryl methyl sites for hydroxylation is 1. The molecule has 0 bridgehead atoms. The smallest absolute Gasteiger partial charge is 0.182 e. The largest absolute Gasteiger partial charge is 0.497 e. The third-order valence-corrected chi connectivity index (χ3v) is 5.82. The molecule has 0 amide bonds. The van der Waals surface area contributed by atoms with Crippen molar-refractivity contribution in [2.24, 2.45) is 0 Å². The van der Waals surface area contributed by atoms with E-state index in [-0.39, 0.29) is 11.8 Å². The molecule has 0 saturated carbocycles. The average Bonchev–Trinajstić information content (AvgIpc) is 3.08. The van der Waals surface area contributed by atoms with Gasteiger partial charge in [0.25, 0.3) is 0 Å². The molecule has 1 aromatic heterocycles. The number of anilines is 1. The lowest BCUT2D eigenvalue weighted by Crippen LogP contribution is -2.51. The molecule has 1 atom stereocenters. The topological polar surface area (TPSA) is 48.6 Å². The highest BCUT2D eigenvalue weighted by Crippen LogP contribution is 2.25. The number of piperazine rings is 1. The van der Waals surface area contributed by atoms with Gasteiger partial charge in [0, 0.05) is 54.0 Å². The molecule has 28 heavy (non-hydrogen) atoms. The number of Topliss-reactive ketones (excluding diaryl/α,β-unsaturated/α-hetero) is 1. The second-order valence-corrected chi connectivity index (χ2v) is 7.43. The number of aromatic nitrogens is 1. The molecule has 3 aromatic rings. The first-order chi connectivity index (χ1) is 13.6. The van der Waals surface area contributed by atoms with Crippen molar-refractivity contribution in [1.29, 1.82) is 0 Å². The lowest BCUT2D eigenvalue weighted by atomic mass is 10.0. The third kappa shape index (κ3) is 3.38. The van der Waals surface area contributed by atoms with Crippen molar-refractivity contribution in [3.63, 3.8) is 0 Å². The molecule has 146 valence electrons. The quantitative estimate of drug-likeness (QED) is 0.686. The van der Waals surface area contributed by atoms with Crippen LogP contribution in [0.1, 0.15) is 23.0 Å². The summed E-state index contributed by atoms with van der Waals surface area (Å²) in [5.74, 6) is 1.07. The molecule has 5 heteroatoms. The number of rotatable bonds is 5. The second-order valence-electron chi connectivity index (χ2n) is 7.43. The first-order valence-electron chi connectivity index (χ1n) is 9.83. The summed E-state index contributed by atoms with van der Waals surface area (Å²) >= 11 is 0. The van der Waals surface area contributed by atoms with Crippen molar-refractivity contribution in [2.75, 3.05) is 38.2 Å². The standard InChI is InChI=1S/C23H27N3O2/c1-16-22(20-6-4-5-7-21(20)24-16)23(27)17(2)25-12-14-26(15-13-25)18-8-10-19(28-3)11-9-18/h4-11,17,24H,12-15H2,1-3H3. The van der Waals surface area contributed by atoms with Gasteiger partial charge in [-0.05, 0) is 44.2 Å². The predicted octanol–water partition coefficient (Wildman–Crippen LogP) is 3.88. The summed E-state index contributed by atoms with van der Waals surface area (Å²) < 4.78 is 5.24. The summed E-state index contributed by atoms with van der Waals surface area (Å²) in [5.41, 5.74) is 4.02. The Kier molecular flexibility index (Phi) is 5.09. The van der Waals surface area contributed by atoms with Gasteiger partial charge in [0.1, 0.15) is 5.75 Å². The minimum Gasteiger partial charge on any atom is -0.497 e. The van der Waals surface area contributed by atoms with Crippen molar-refractivity contribution in [1.82, 2.24) is 9.88 Å². The van der Waals surface area contributed by atoms with E-state index in [1.807, 2.05) is 50.2 Å². The number of hydrogen-bond donors (Lipinski definition) is 1. The fourth-order valence-corrected chi connectivity index (χ4v) is 4.13. The normalized spacial score (nSPS) is 16.3. The van der Waals surface area contributed by atoms with Crippen LogP contribution in [0.4, 0.5) is 5.69 Å². The van der Waals surface area contributed by atoms with Gasteiger partial charge in [0.05, 0.1) is 13.2 Å². The molecule has 2 aromatic carbocycles. The number of fused-ring (bicyclic) bond motifs is 1. The summed E-state index contributed by atoms with van der Waals surface area (Å²) in [6.45, 7) is 7.60. The van der Waals surface area contributed by atoms with Crippen LogP contribution < -0.4 is 9.64 Å². The maximum absolute atomic E-state index is 13.3. The Morgan fingerprint density at radius 1 is 1.04 bits per heavy atom. The first-order valence-corrected chi connectivity index (χ1v) is 9.83. The number of hydrogen-bond acceptors (Lipinski definition) is 4. The van der Waals surface area contributed by atoms with Crippen molar-refractivity contribution in [2.45, 2.75) is 19.9 Å². The summed E-state index contributed by atoms with van der Waals surface area (Å²) in [7, 11) is 1.68. The number of carbonyl (C=O) groups is 1. The number of carbonyl (C=O) groups excluding carboxylic acids is 1. The van der Waals surface area contributed by atoms with E-state index in [1.54, 1.807) is 7.11 Å². The van der Waals surface area contributed by atoms with Crippen LogP contribution in [0.5, 0.6) is 5.75 Å². The van der Waals surface area contributed by atoms with Gasteiger partial charge in [0.15, 0.2) is 5.78 Å². The molecular weight excluding hydrogens is 350 g/mol. The molecule has 2 heterocycles. The minimum absolute atomic E-state index is 0.129. The third-order valence-electron chi connectivity index (χ3n) is 5.82. The number of nitrogens with zero attached hydrogens (tertiary/aromatic N) is 2. The van der Waals surface area contributed by atoms with Gasteiger partial charge >= 0.3 is 0 Å². The van der Waals surface area contributed by atoms with Crippen LogP contribution in [0.15, 0.2) is 48.5 Å². The molecule has 0 radical (unpaired) electrons. The van der Waals surface area contributed by atoms with Crippen molar-refractivity contribution in [3.8, 4) is 5.75 Å². The highest BCUT2D eigenvalue weighted by atomic mass is 16.5. The SMILES string of the molecule is COc1ccc(N2CCN(C(C)C(=O)c3c(C)[nH]c4ccccc34)CC2)cc1. The van der Waals surface area contributed by atoms with E-state index in [4.69, 9.17) is 4.74 Å². The molecule has 1 N–H and O–H groups in total. The van der Waals surface area contributed by atoms with E-state index in [9.17, 15) is 4.79 Å². The van der Waals surface area contributed by atoms with Crippen LogP contribution in [0, 0.1) is 6.92 Å². The molecule has 1 fully saturated rings. The Hall–Kier alpha value is -2.79. The van der Waals surface area contributed by atoms with E-state index in [0.29, 0.717) is 0 Å². The fourth-order valence-electron chi connectivity index (χ4n) is 4.13. The van der Waals surface area contributed by atoms with E-state index in [2.05, 4.69) is 26.9 Å². The number of benzene rings is 2. The Bertz CT molecular complexity index is 969. The van der Waals surface area contributed by atoms with Crippen molar-refractivity contribution >= 4 is 22.4 Å². The molecule has 1 unspecified atom stereocenters. The van der Waals surface area contributed by atoms with Crippen molar-refractivity contribution < 1.29 is 9.53 Å². The van der Waals surface area contributed by atoms with E-state index < -0.39 is 0 Å². The molecule has 4 rings (SSSR count). The van der Waals surface area contributed by atoms with Crippen LogP contribution in [0.25, 0.3) is 10.9 Å². The Morgan fingerprint density at radius 2 is 1.71 bits per heavy atom. The second kappa shape index (κ2) is 7.68. The molecular formula is C23H27N3O2. The monoisotopic (exact) mass is 377 g/mol. The maximum Gasteiger partial charge on any atom is 0.182 e. The maximum atomic E-state index is 13.3. The highest BCUT2D eigenvalue weighted by Gasteiger charge is 2.28. The summed E-state index contributed by atoms with van der Waals surface area (Å²) in [4.78, 5) is 21.3. The van der Waals surface area contributed by atoms with Crippen LogP contribution in [-0.4, -0.2) is 55.0 Å². The fraction of sp³-hybridized carbons (Fsp3) is 0.348. The molecule has 0 spiro atoms. The zero-order valence-corrected chi connectivity index (χ0v) is 16.7.